The normalized spacial score (nSPS) is 10.8. The minimum atomic E-state index is 0.749. The van der Waals surface area contributed by atoms with Gasteiger partial charge < -0.3 is 4.98 Å². The minimum absolute atomic E-state index is 0.749. The molecular formula is C12H8BrN3. The third-order valence-corrected chi connectivity index (χ3v) is 2.77. The molecule has 1 N–H and O–H groups in total. The summed E-state index contributed by atoms with van der Waals surface area (Å²) in [4.78, 5) is 11.9. The van der Waals surface area contributed by atoms with E-state index in [1.165, 1.54) is 0 Å². The van der Waals surface area contributed by atoms with E-state index in [1.807, 2.05) is 24.3 Å². The molecule has 0 aliphatic rings. The smallest absolute Gasteiger partial charge is 0.156 e. The Hall–Kier alpha value is -1.68. The molecule has 0 amide bonds. The van der Waals surface area contributed by atoms with Crippen molar-refractivity contribution in [1.82, 2.24) is 15.0 Å². The summed E-state index contributed by atoms with van der Waals surface area (Å²) in [5.74, 6) is 0. The van der Waals surface area contributed by atoms with Crippen molar-refractivity contribution in [2.24, 2.45) is 0 Å². The fraction of sp³-hybridized carbons (Fsp3) is 0. The summed E-state index contributed by atoms with van der Waals surface area (Å²) in [6.45, 7) is 0. The van der Waals surface area contributed by atoms with Crippen molar-refractivity contribution in [3.05, 3.63) is 47.2 Å². The molecule has 3 aromatic rings. The quantitative estimate of drug-likeness (QED) is 0.739. The Kier molecular flexibility index (Phi) is 2.22. The highest BCUT2D eigenvalue weighted by molar-refractivity contribution is 9.10. The van der Waals surface area contributed by atoms with E-state index in [4.69, 9.17) is 0 Å². The van der Waals surface area contributed by atoms with Gasteiger partial charge in [0.25, 0.3) is 0 Å². The van der Waals surface area contributed by atoms with Gasteiger partial charge in [-0.25, -0.2) is 9.97 Å². The SMILES string of the molecule is Brc1cnc2[nH]c(-c3ccccc3)cc2n1. The maximum atomic E-state index is 4.34. The summed E-state index contributed by atoms with van der Waals surface area (Å²) in [5, 5.41) is 0. The summed E-state index contributed by atoms with van der Waals surface area (Å²) in [5.41, 5.74) is 3.85. The van der Waals surface area contributed by atoms with Gasteiger partial charge >= 0.3 is 0 Å². The van der Waals surface area contributed by atoms with Crippen LogP contribution in [0.4, 0.5) is 0 Å². The first kappa shape index (κ1) is 9.54. The molecule has 2 aromatic heterocycles. The van der Waals surface area contributed by atoms with Crippen LogP contribution < -0.4 is 0 Å². The molecule has 78 valence electrons. The van der Waals surface area contributed by atoms with E-state index in [9.17, 15) is 0 Å². The first-order valence-corrected chi connectivity index (χ1v) is 5.69. The Morgan fingerprint density at radius 1 is 1.12 bits per heavy atom. The summed E-state index contributed by atoms with van der Waals surface area (Å²) < 4.78 is 0.749. The molecule has 2 heterocycles. The van der Waals surface area contributed by atoms with Crippen LogP contribution in [0.15, 0.2) is 47.2 Å². The zero-order valence-corrected chi connectivity index (χ0v) is 9.90. The first-order chi connectivity index (χ1) is 7.83. The topological polar surface area (TPSA) is 41.6 Å². The molecule has 1 aromatic carbocycles. The molecule has 0 spiro atoms. The van der Waals surface area contributed by atoms with Crippen LogP contribution >= 0.6 is 15.9 Å². The van der Waals surface area contributed by atoms with Crippen molar-refractivity contribution >= 4 is 27.1 Å². The van der Waals surface area contributed by atoms with Gasteiger partial charge in [-0.1, -0.05) is 30.3 Å². The van der Waals surface area contributed by atoms with Crippen LogP contribution in [0.2, 0.25) is 0 Å². The van der Waals surface area contributed by atoms with E-state index in [2.05, 4.69) is 43.0 Å². The number of aromatic amines is 1. The number of fused-ring (bicyclic) bond motifs is 1. The lowest BCUT2D eigenvalue weighted by atomic mass is 10.2. The lowest BCUT2D eigenvalue weighted by Gasteiger charge is -1.94. The van der Waals surface area contributed by atoms with Crippen LogP contribution in [0.25, 0.3) is 22.4 Å². The molecule has 0 atom stereocenters. The van der Waals surface area contributed by atoms with Crippen molar-refractivity contribution in [3.8, 4) is 11.3 Å². The highest BCUT2D eigenvalue weighted by Crippen LogP contribution is 2.22. The highest BCUT2D eigenvalue weighted by atomic mass is 79.9. The predicted octanol–water partition coefficient (Wildman–Crippen LogP) is 3.39. The van der Waals surface area contributed by atoms with Crippen LogP contribution in [0.5, 0.6) is 0 Å². The van der Waals surface area contributed by atoms with E-state index in [-0.39, 0.29) is 0 Å². The molecule has 16 heavy (non-hydrogen) atoms. The predicted molar refractivity (Wildman–Crippen MR) is 67.0 cm³/mol. The second kappa shape index (κ2) is 3.72. The lowest BCUT2D eigenvalue weighted by molar-refractivity contribution is 1.23. The second-order valence-electron chi connectivity index (χ2n) is 3.48. The van der Waals surface area contributed by atoms with E-state index >= 15 is 0 Å². The van der Waals surface area contributed by atoms with Crippen LogP contribution in [-0.4, -0.2) is 15.0 Å². The number of hydrogen-bond acceptors (Lipinski definition) is 2. The van der Waals surface area contributed by atoms with Crippen molar-refractivity contribution in [2.45, 2.75) is 0 Å². The molecule has 3 rings (SSSR count). The molecule has 0 bridgehead atoms. The molecule has 0 fully saturated rings. The van der Waals surface area contributed by atoms with Crippen molar-refractivity contribution in [1.29, 1.82) is 0 Å². The largest absolute Gasteiger partial charge is 0.338 e. The maximum Gasteiger partial charge on any atom is 0.156 e. The van der Waals surface area contributed by atoms with Gasteiger partial charge in [0.1, 0.15) is 10.1 Å². The molecular weight excluding hydrogens is 266 g/mol. The summed E-state index contributed by atoms with van der Waals surface area (Å²) in [6.07, 6.45) is 1.69. The number of benzene rings is 1. The average Bonchev–Trinajstić information content (AvgIpc) is 2.73. The zero-order chi connectivity index (χ0) is 11.0. The second-order valence-corrected chi connectivity index (χ2v) is 4.29. The number of aromatic nitrogens is 3. The van der Waals surface area contributed by atoms with Gasteiger partial charge in [0.05, 0.1) is 6.20 Å². The maximum absolute atomic E-state index is 4.34. The molecule has 0 radical (unpaired) electrons. The number of rotatable bonds is 1. The Morgan fingerprint density at radius 3 is 2.75 bits per heavy atom. The van der Waals surface area contributed by atoms with Crippen LogP contribution in [-0.2, 0) is 0 Å². The molecule has 0 aliphatic carbocycles. The van der Waals surface area contributed by atoms with Gasteiger partial charge in [0.2, 0.25) is 0 Å². The summed E-state index contributed by atoms with van der Waals surface area (Å²) in [7, 11) is 0. The van der Waals surface area contributed by atoms with Crippen LogP contribution in [0.1, 0.15) is 0 Å². The van der Waals surface area contributed by atoms with E-state index in [0.29, 0.717) is 0 Å². The van der Waals surface area contributed by atoms with Gasteiger partial charge in [0.15, 0.2) is 5.65 Å². The van der Waals surface area contributed by atoms with Gasteiger partial charge in [-0.3, -0.25) is 0 Å². The van der Waals surface area contributed by atoms with Gasteiger partial charge in [-0.15, -0.1) is 0 Å². The molecule has 0 unspecified atom stereocenters. The van der Waals surface area contributed by atoms with Crippen molar-refractivity contribution < 1.29 is 0 Å². The number of nitrogens with zero attached hydrogens (tertiary/aromatic N) is 2. The van der Waals surface area contributed by atoms with Crippen LogP contribution in [0.3, 0.4) is 0 Å². The number of H-pyrrole nitrogens is 1. The third-order valence-electron chi connectivity index (χ3n) is 2.39. The molecule has 0 saturated heterocycles. The Labute approximate surface area is 101 Å². The molecule has 0 saturated carbocycles. The van der Waals surface area contributed by atoms with Crippen molar-refractivity contribution in [2.75, 3.05) is 0 Å². The fourth-order valence-corrected chi connectivity index (χ4v) is 1.94. The Morgan fingerprint density at radius 2 is 1.94 bits per heavy atom. The highest BCUT2D eigenvalue weighted by Gasteiger charge is 2.04. The minimum Gasteiger partial charge on any atom is -0.338 e. The molecule has 4 heteroatoms. The standard InChI is InChI=1S/C12H8BrN3/c13-11-7-14-12-10(15-11)6-9(16-12)8-4-2-1-3-5-8/h1-7H,(H,14,16). The third kappa shape index (κ3) is 1.61. The Bertz CT molecular complexity index is 631. The van der Waals surface area contributed by atoms with E-state index in [0.717, 1.165) is 27.0 Å². The number of halogens is 1. The van der Waals surface area contributed by atoms with Crippen LogP contribution in [0, 0.1) is 0 Å². The molecule has 0 aliphatic heterocycles. The number of nitrogens with one attached hydrogen (secondary N) is 1. The monoisotopic (exact) mass is 273 g/mol. The van der Waals surface area contributed by atoms with E-state index < -0.39 is 0 Å². The first-order valence-electron chi connectivity index (χ1n) is 4.89. The van der Waals surface area contributed by atoms with Gasteiger partial charge in [-0.05, 0) is 27.6 Å². The fourth-order valence-electron chi connectivity index (χ4n) is 1.65. The van der Waals surface area contributed by atoms with Crippen molar-refractivity contribution in [3.63, 3.8) is 0 Å². The average molecular weight is 274 g/mol. The zero-order valence-electron chi connectivity index (χ0n) is 8.31. The summed E-state index contributed by atoms with van der Waals surface area (Å²) in [6, 6.07) is 12.1. The lowest BCUT2D eigenvalue weighted by Crippen LogP contribution is -1.80. The molecule has 3 nitrogen and oxygen atoms in total. The van der Waals surface area contributed by atoms with E-state index in [1.54, 1.807) is 6.20 Å². The summed E-state index contributed by atoms with van der Waals surface area (Å²) >= 11 is 3.31. The van der Waals surface area contributed by atoms with Gasteiger partial charge in [0, 0.05) is 5.69 Å². The van der Waals surface area contributed by atoms with Gasteiger partial charge in [-0.2, -0.15) is 0 Å². The number of hydrogen-bond donors (Lipinski definition) is 1. The Balaban J connectivity index is 2.19.